The van der Waals surface area contributed by atoms with Gasteiger partial charge in [0.25, 0.3) is 5.89 Å². The van der Waals surface area contributed by atoms with Crippen molar-refractivity contribution in [2.75, 3.05) is 23.4 Å². The van der Waals surface area contributed by atoms with Gasteiger partial charge in [-0.05, 0) is 41.7 Å². The fourth-order valence-electron chi connectivity index (χ4n) is 3.27. The number of ether oxygens (including phenoxy) is 1. The Kier molecular flexibility index (Phi) is 5.53. The number of benzene rings is 1. The number of aryl methyl sites for hydroxylation is 1. The standard InChI is InChI=1S/C21H23F3N4O2S/c1-11-5-16(18-27-28-19(30-18)25-12-8-31-9-12)26-17-14(11)6-13(29-10-21(22,23)24)7-15(17)20(2,3)4/h5-7,12H,8-10H2,1-4H3,(H,25,28). The summed E-state index contributed by atoms with van der Waals surface area (Å²) in [7, 11) is 0. The predicted octanol–water partition coefficient (Wildman–Crippen LogP) is 5.36. The van der Waals surface area contributed by atoms with Gasteiger partial charge in [-0.3, -0.25) is 0 Å². The van der Waals surface area contributed by atoms with E-state index in [1.807, 2.05) is 39.5 Å². The number of anilines is 1. The third kappa shape index (κ3) is 4.89. The van der Waals surface area contributed by atoms with Crippen molar-refractivity contribution in [2.24, 2.45) is 0 Å². The summed E-state index contributed by atoms with van der Waals surface area (Å²) in [6.45, 7) is 6.46. The molecule has 0 amide bonds. The number of pyridine rings is 1. The number of nitrogens with zero attached hydrogens (tertiary/aromatic N) is 3. The number of alkyl halides is 3. The molecule has 1 aromatic carbocycles. The molecule has 1 aliphatic rings. The van der Waals surface area contributed by atoms with Crippen LogP contribution in [0.5, 0.6) is 5.75 Å². The molecule has 1 N–H and O–H groups in total. The van der Waals surface area contributed by atoms with Crippen LogP contribution in [0.4, 0.5) is 19.2 Å². The van der Waals surface area contributed by atoms with E-state index in [0.29, 0.717) is 23.3 Å². The summed E-state index contributed by atoms with van der Waals surface area (Å²) in [5, 5.41) is 12.1. The van der Waals surface area contributed by atoms with Gasteiger partial charge in [-0.2, -0.15) is 24.9 Å². The van der Waals surface area contributed by atoms with E-state index in [1.165, 1.54) is 0 Å². The molecule has 2 aromatic heterocycles. The summed E-state index contributed by atoms with van der Waals surface area (Å²) in [5.74, 6) is 2.45. The summed E-state index contributed by atoms with van der Waals surface area (Å²) >= 11 is 1.84. The van der Waals surface area contributed by atoms with Crippen LogP contribution in [0.2, 0.25) is 0 Å². The SMILES string of the molecule is Cc1cc(-c2nnc(NC3CSC3)o2)nc2c(C(C)(C)C)cc(OCC(F)(F)F)cc12. The molecular weight excluding hydrogens is 429 g/mol. The van der Waals surface area contributed by atoms with Crippen molar-refractivity contribution in [3.63, 3.8) is 0 Å². The Morgan fingerprint density at radius 1 is 1.16 bits per heavy atom. The molecule has 0 unspecified atom stereocenters. The van der Waals surface area contributed by atoms with Crippen LogP contribution >= 0.6 is 11.8 Å². The molecule has 0 atom stereocenters. The zero-order valence-electron chi connectivity index (χ0n) is 17.6. The molecule has 3 heterocycles. The Bertz CT molecular complexity index is 1100. The van der Waals surface area contributed by atoms with Gasteiger partial charge in [0.2, 0.25) is 0 Å². The van der Waals surface area contributed by atoms with Gasteiger partial charge in [0.1, 0.15) is 11.4 Å². The second-order valence-electron chi connectivity index (χ2n) is 8.64. The maximum absolute atomic E-state index is 12.7. The number of rotatable bonds is 5. The number of hydrogen-bond acceptors (Lipinski definition) is 7. The molecule has 1 aliphatic heterocycles. The molecule has 1 fully saturated rings. The van der Waals surface area contributed by atoms with Gasteiger partial charge in [-0.1, -0.05) is 25.9 Å². The van der Waals surface area contributed by atoms with Gasteiger partial charge in [0, 0.05) is 22.9 Å². The van der Waals surface area contributed by atoms with E-state index < -0.39 is 12.8 Å². The molecule has 31 heavy (non-hydrogen) atoms. The molecule has 1 saturated heterocycles. The molecule has 0 radical (unpaired) electrons. The smallest absolute Gasteiger partial charge is 0.422 e. The van der Waals surface area contributed by atoms with Crippen molar-refractivity contribution in [1.82, 2.24) is 15.2 Å². The van der Waals surface area contributed by atoms with Gasteiger partial charge in [-0.25, -0.2) is 4.98 Å². The third-order valence-electron chi connectivity index (χ3n) is 4.91. The minimum absolute atomic E-state index is 0.162. The highest BCUT2D eigenvalue weighted by Crippen LogP contribution is 2.36. The minimum atomic E-state index is -4.41. The van der Waals surface area contributed by atoms with Crippen LogP contribution in [-0.2, 0) is 5.41 Å². The monoisotopic (exact) mass is 452 g/mol. The summed E-state index contributed by atoms with van der Waals surface area (Å²) in [6.07, 6.45) is -4.41. The maximum Gasteiger partial charge on any atom is 0.422 e. The highest BCUT2D eigenvalue weighted by molar-refractivity contribution is 8.00. The molecule has 166 valence electrons. The zero-order valence-corrected chi connectivity index (χ0v) is 18.4. The van der Waals surface area contributed by atoms with Gasteiger partial charge in [-0.15, -0.1) is 5.10 Å². The predicted molar refractivity (Wildman–Crippen MR) is 115 cm³/mol. The Morgan fingerprint density at radius 3 is 2.52 bits per heavy atom. The first-order valence-corrected chi connectivity index (χ1v) is 11.0. The molecule has 4 rings (SSSR count). The first kappa shape index (κ1) is 21.7. The van der Waals surface area contributed by atoms with E-state index in [4.69, 9.17) is 14.1 Å². The first-order chi connectivity index (χ1) is 14.5. The molecule has 6 nitrogen and oxygen atoms in total. The second-order valence-corrected chi connectivity index (χ2v) is 9.71. The van der Waals surface area contributed by atoms with Gasteiger partial charge in [0.05, 0.1) is 5.52 Å². The summed E-state index contributed by atoms with van der Waals surface area (Å²) in [6, 6.07) is 5.69. The largest absolute Gasteiger partial charge is 0.484 e. The summed E-state index contributed by atoms with van der Waals surface area (Å²) in [4.78, 5) is 4.74. The maximum atomic E-state index is 12.7. The average Bonchev–Trinajstić information content (AvgIpc) is 3.10. The van der Waals surface area contributed by atoms with Gasteiger partial charge in [0.15, 0.2) is 6.61 Å². The fourth-order valence-corrected chi connectivity index (χ4v) is 3.91. The lowest BCUT2D eigenvalue weighted by Crippen LogP contribution is -2.33. The number of fused-ring (bicyclic) bond motifs is 1. The fraction of sp³-hybridized carbons (Fsp3) is 0.476. The van der Waals surface area contributed by atoms with Gasteiger partial charge >= 0.3 is 12.2 Å². The average molecular weight is 453 g/mol. The molecule has 0 bridgehead atoms. The van der Waals surface area contributed by atoms with Gasteiger partial charge < -0.3 is 14.5 Å². The van der Waals surface area contributed by atoms with Crippen LogP contribution in [0.25, 0.3) is 22.5 Å². The van der Waals surface area contributed by atoms with Crippen molar-refractivity contribution in [3.8, 4) is 17.3 Å². The van der Waals surface area contributed by atoms with Crippen LogP contribution < -0.4 is 10.1 Å². The van der Waals surface area contributed by atoms with Crippen LogP contribution in [0, 0.1) is 6.92 Å². The number of thioether (sulfide) groups is 1. The quantitative estimate of drug-likeness (QED) is 0.559. The van der Waals surface area contributed by atoms with Crippen molar-refractivity contribution < 1.29 is 22.3 Å². The Labute approximate surface area is 182 Å². The van der Waals surface area contributed by atoms with E-state index in [9.17, 15) is 13.2 Å². The van der Waals surface area contributed by atoms with Crippen LogP contribution in [0.15, 0.2) is 22.6 Å². The summed E-state index contributed by atoms with van der Waals surface area (Å²) < 4.78 is 48.7. The number of nitrogens with one attached hydrogen (secondary N) is 1. The number of hydrogen-bond donors (Lipinski definition) is 1. The van der Waals surface area contributed by atoms with Crippen LogP contribution in [0.3, 0.4) is 0 Å². The van der Waals surface area contributed by atoms with Crippen LogP contribution in [-0.4, -0.2) is 45.5 Å². The van der Waals surface area contributed by atoms with E-state index in [1.54, 1.807) is 18.2 Å². The lowest BCUT2D eigenvalue weighted by Gasteiger charge is -2.24. The van der Waals surface area contributed by atoms with E-state index >= 15 is 0 Å². The number of aromatic nitrogens is 3. The second kappa shape index (κ2) is 7.89. The van der Waals surface area contributed by atoms with E-state index in [2.05, 4.69) is 15.5 Å². The third-order valence-corrected chi connectivity index (χ3v) is 6.19. The lowest BCUT2D eigenvalue weighted by molar-refractivity contribution is -0.153. The minimum Gasteiger partial charge on any atom is -0.484 e. The Hall–Kier alpha value is -2.49. The summed E-state index contributed by atoms with van der Waals surface area (Å²) in [5.41, 5.74) is 2.41. The first-order valence-electron chi connectivity index (χ1n) is 9.83. The molecule has 0 saturated carbocycles. The van der Waals surface area contributed by atoms with Crippen molar-refractivity contribution in [3.05, 3.63) is 29.3 Å². The van der Waals surface area contributed by atoms with Crippen molar-refractivity contribution in [2.45, 2.75) is 45.3 Å². The van der Waals surface area contributed by atoms with E-state index in [0.717, 1.165) is 28.0 Å². The molecular formula is C21H23F3N4O2S. The van der Waals surface area contributed by atoms with Crippen molar-refractivity contribution in [1.29, 1.82) is 0 Å². The van der Waals surface area contributed by atoms with Crippen LogP contribution in [0.1, 0.15) is 31.9 Å². The lowest BCUT2D eigenvalue weighted by atomic mass is 9.84. The molecule has 3 aromatic rings. The normalized spacial score (nSPS) is 15.2. The van der Waals surface area contributed by atoms with Crippen molar-refractivity contribution >= 4 is 28.7 Å². The van der Waals surface area contributed by atoms with E-state index in [-0.39, 0.29) is 17.1 Å². The zero-order chi connectivity index (χ0) is 22.4. The topological polar surface area (TPSA) is 73.1 Å². The number of halogens is 3. The molecule has 10 heteroatoms. The Morgan fingerprint density at radius 2 is 1.90 bits per heavy atom. The highest BCUT2D eigenvalue weighted by atomic mass is 32.2. The highest BCUT2D eigenvalue weighted by Gasteiger charge is 2.29. The molecule has 0 spiro atoms. The molecule has 0 aliphatic carbocycles. The Balaban J connectivity index is 1.74.